The van der Waals surface area contributed by atoms with E-state index in [1.165, 1.54) is 27.0 Å². The molecule has 0 saturated heterocycles. The molecular formula is C35H29N3Si. The summed E-state index contributed by atoms with van der Waals surface area (Å²) in [6, 6.07) is 39.1. The van der Waals surface area contributed by atoms with E-state index in [1.807, 2.05) is 12.3 Å². The van der Waals surface area contributed by atoms with E-state index in [2.05, 4.69) is 134 Å². The van der Waals surface area contributed by atoms with Gasteiger partial charge in [0.25, 0.3) is 0 Å². The highest BCUT2D eigenvalue weighted by molar-refractivity contribution is 6.88. The molecule has 4 aromatic carbocycles. The average molecular weight is 520 g/mol. The summed E-state index contributed by atoms with van der Waals surface area (Å²) in [5.41, 5.74) is 8.96. The second-order valence-electron chi connectivity index (χ2n) is 11.2. The fraction of sp³-hybridized carbons (Fsp3) is 0.0857. The first-order valence-electron chi connectivity index (χ1n) is 13.4. The molecule has 3 aromatic heterocycles. The number of hydrogen-bond acceptors (Lipinski definition) is 2. The Labute approximate surface area is 229 Å². The van der Waals surface area contributed by atoms with Gasteiger partial charge < -0.3 is 4.57 Å². The van der Waals surface area contributed by atoms with E-state index in [9.17, 15) is 0 Å². The largest absolute Gasteiger partial charge is 0.309 e. The van der Waals surface area contributed by atoms with Crippen LogP contribution in [0.25, 0.3) is 60.8 Å². The Balaban J connectivity index is 1.43. The molecule has 39 heavy (non-hydrogen) atoms. The second kappa shape index (κ2) is 9.04. The standard InChI is InChI=1S/C35H29N3Si/c1-39(2,3)28-17-19-32(37-23-28)26-10-6-12-27(21-26)38-33-15-5-4-13-30(33)31-18-16-25(22-34(31)38)29-14-7-9-24-11-8-20-36-35(24)29/h4-23H,1-3H3. The maximum absolute atomic E-state index is 4.86. The minimum absolute atomic E-state index is 1.00. The van der Waals surface area contributed by atoms with Gasteiger partial charge in [0, 0.05) is 45.4 Å². The zero-order valence-electron chi connectivity index (χ0n) is 22.4. The molecule has 3 heterocycles. The van der Waals surface area contributed by atoms with Crippen molar-refractivity contribution in [1.82, 2.24) is 14.5 Å². The lowest BCUT2D eigenvalue weighted by molar-refractivity contribution is 1.18. The topological polar surface area (TPSA) is 30.7 Å². The van der Waals surface area contributed by atoms with Crippen LogP contribution in [0.1, 0.15) is 0 Å². The minimum Gasteiger partial charge on any atom is -0.309 e. The van der Waals surface area contributed by atoms with E-state index in [-0.39, 0.29) is 0 Å². The smallest absolute Gasteiger partial charge is 0.0796 e. The molecule has 0 saturated carbocycles. The first kappa shape index (κ1) is 23.6. The van der Waals surface area contributed by atoms with Crippen LogP contribution in [0.4, 0.5) is 0 Å². The van der Waals surface area contributed by atoms with Crippen molar-refractivity contribution in [2.75, 3.05) is 0 Å². The Hall–Kier alpha value is -4.54. The van der Waals surface area contributed by atoms with Gasteiger partial charge in [-0.15, -0.1) is 0 Å². The van der Waals surface area contributed by atoms with Crippen molar-refractivity contribution in [3.05, 3.63) is 122 Å². The summed E-state index contributed by atoms with van der Waals surface area (Å²) in [5.74, 6) is 0. The lowest BCUT2D eigenvalue weighted by Crippen LogP contribution is -2.37. The number of nitrogens with zero attached hydrogens (tertiary/aromatic N) is 3. The van der Waals surface area contributed by atoms with Crippen LogP contribution in [0.3, 0.4) is 0 Å². The van der Waals surface area contributed by atoms with Gasteiger partial charge in [-0.1, -0.05) is 92.4 Å². The highest BCUT2D eigenvalue weighted by Gasteiger charge is 2.17. The third-order valence-corrected chi connectivity index (χ3v) is 9.67. The van der Waals surface area contributed by atoms with E-state index < -0.39 is 8.07 Å². The molecule has 0 N–H and O–H groups in total. The fourth-order valence-corrected chi connectivity index (χ4v) is 6.60. The van der Waals surface area contributed by atoms with Crippen LogP contribution in [-0.4, -0.2) is 22.6 Å². The Kier molecular flexibility index (Phi) is 5.46. The van der Waals surface area contributed by atoms with Gasteiger partial charge >= 0.3 is 0 Å². The van der Waals surface area contributed by atoms with E-state index in [0.717, 1.165) is 39.0 Å². The molecule has 0 fully saturated rings. The number of aromatic nitrogens is 3. The van der Waals surface area contributed by atoms with E-state index in [1.54, 1.807) is 0 Å². The first-order valence-corrected chi connectivity index (χ1v) is 16.9. The quantitative estimate of drug-likeness (QED) is 0.218. The average Bonchev–Trinajstić information content (AvgIpc) is 3.30. The summed E-state index contributed by atoms with van der Waals surface area (Å²) in [4.78, 5) is 9.58. The normalized spacial score (nSPS) is 12.0. The van der Waals surface area contributed by atoms with Crippen molar-refractivity contribution in [3.8, 4) is 28.1 Å². The third kappa shape index (κ3) is 4.05. The summed E-state index contributed by atoms with van der Waals surface area (Å²) in [6.07, 6.45) is 3.94. The summed E-state index contributed by atoms with van der Waals surface area (Å²) >= 11 is 0. The summed E-state index contributed by atoms with van der Waals surface area (Å²) < 4.78 is 2.38. The van der Waals surface area contributed by atoms with E-state index in [4.69, 9.17) is 9.97 Å². The lowest BCUT2D eigenvalue weighted by Gasteiger charge is -2.16. The van der Waals surface area contributed by atoms with Crippen molar-refractivity contribution < 1.29 is 0 Å². The number of pyridine rings is 2. The van der Waals surface area contributed by atoms with Gasteiger partial charge in [0.15, 0.2) is 0 Å². The molecule has 0 spiro atoms. The van der Waals surface area contributed by atoms with Gasteiger partial charge in [-0.25, -0.2) is 0 Å². The predicted octanol–water partition coefficient (Wildman–Crippen LogP) is 8.61. The fourth-order valence-electron chi connectivity index (χ4n) is 5.57. The monoisotopic (exact) mass is 519 g/mol. The molecule has 0 amide bonds. The van der Waals surface area contributed by atoms with Crippen LogP contribution in [0.5, 0.6) is 0 Å². The van der Waals surface area contributed by atoms with Crippen LogP contribution < -0.4 is 5.19 Å². The maximum atomic E-state index is 4.86. The Morgan fingerprint density at radius 3 is 2.28 bits per heavy atom. The lowest BCUT2D eigenvalue weighted by atomic mass is 10.0. The van der Waals surface area contributed by atoms with Crippen molar-refractivity contribution in [1.29, 1.82) is 0 Å². The Bertz CT molecular complexity index is 1990. The molecule has 4 heteroatoms. The SMILES string of the molecule is C[Si](C)(C)c1ccc(-c2cccc(-n3c4ccccc4c4ccc(-c5cccc6cccnc56)cc43)c2)nc1. The van der Waals surface area contributed by atoms with E-state index >= 15 is 0 Å². The summed E-state index contributed by atoms with van der Waals surface area (Å²) in [7, 11) is -1.39. The molecule has 0 aliphatic rings. The van der Waals surface area contributed by atoms with Crippen LogP contribution >= 0.6 is 0 Å². The Morgan fingerprint density at radius 2 is 1.44 bits per heavy atom. The highest BCUT2D eigenvalue weighted by atomic mass is 28.3. The summed E-state index contributed by atoms with van der Waals surface area (Å²) in [6.45, 7) is 7.07. The first-order chi connectivity index (χ1) is 19.0. The molecule has 0 radical (unpaired) electrons. The van der Waals surface area contributed by atoms with Crippen molar-refractivity contribution in [2.24, 2.45) is 0 Å². The molecule has 188 valence electrons. The van der Waals surface area contributed by atoms with Crippen LogP contribution in [0.2, 0.25) is 19.6 Å². The molecular weight excluding hydrogens is 490 g/mol. The second-order valence-corrected chi connectivity index (χ2v) is 16.3. The molecule has 0 bridgehead atoms. The molecule has 0 aliphatic carbocycles. The van der Waals surface area contributed by atoms with Crippen LogP contribution in [-0.2, 0) is 0 Å². The minimum atomic E-state index is -1.39. The number of para-hydroxylation sites is 2. The zero-order valence-corrected chi connectivity index (χ0v) is 23.4. The predicted molar refractivity (Wildman–Crippen MR) is 168 cm³/mol. The van der Waals surface area contributed by atoms with Crippen molar-refractivity contribution in [3.63, 3.8) is 0 Å². The number of benzene rings is 4. The van der Waals surface area contributed by atoms with Crippen LogP contribution in [0.15, 0.2) is 122 Å². The molecule has 3 nitrogen and oxygen atoms in total. The van der Waals surface area contributed by atoms with Gasteiger partial charge in [0.05, 0.1) is 30.3 Å². The number of fused-ring (bicyclic) bond motifs is 4. The van der Waals surface area contributed by atoms with Gasteiger partial charge in [-0.3, -0.25) is 9.97 Å². The van der Waals surface area contributed by atoms with Gasteiger partial charge in [0.1, 0.15) is 0 Å². The molecule has 7 aromatic rings. The van der Waals surface area contributed by atoms with Gasteiger partial charge in [-0.2, -0.15) is 0 Å². The molecule has 0 aliphatic heterocycles. The van der Waals surface area contributed by atoms with Crippen molar-refractivity contribution in [2.45, 2.75) is 19.6 Å². The number of rotatable bonds is 4. The van der Waals surface area contributed by atoms with Gasteiger partial charge in [0.2, 0.25) is 0 Å². The van der Waals surface area contributed by atoms with E-state index in [0.29, 0.717) is 0 Å². The van der Waals surface area contributed by atoms with Crippen LogP contribution in [0, 0.1) is 0 Å². The maximum Gasteiger partial charge on any atom is 0.0796 e. The Morgan fingerprint density at radius 1 is 0.615 bits per heavy atom. The molecule has 7 rings (SSSR count). The third-order valence-electron chi connectivity index (χ3n) is 7.65. The number of hydrogen-bond donors (Lipinski definition) is 0. The zero-order chi connectivity index (χ0) is 26.6. The highest BCUT2D eigenvalue weighted by Crippen LogP contribution is 2.36. The summed E-state index contributed by atoms with van der Waals surface area (Å²) in [5, 5.41) is 5.01. The molecule has 0 atom stereocenters. The van der Waals surface area contributed by atoms with Crippen molar-refractivity contribution >= 4 is 46.0 Å². The van der Waals surface area contributed by atoms with Gasteiger partial charge in [-0.05, 0) is 47.1 Å². The molecule has 0 unspecified atom stereocenters.